The van der Waals surface area contributed by atoms with Gasteiger partial charge in [0.25, 0.3) is 0 Å². The molecule has 0 atom stereocenters. The van der Waals surface area contributed by atoms with E-state index in [1.165, 1.54) is 12.8 Å². The summed E-state index contributed by atoms with van der Waals surface area (Å²) in [5.41, 5.74) is 2.06. The summed E-state index contributed by atoms with van der Waals surface area (Å²) in [6.45, 7) is 3.22. The van der Waals surface area contributed by atoms with Gasteiger partial charge in [-0.1, -0.05) is 23.4 Å². The van der Waals surface area contributed by atoms with Crippen molar-refractivity contribution in [3.05, 3.63) is 47.3 Å². The molecule has 0 amide bonds. The summed E-state index contributed by atoms with van der Waals surface area (Å²) in [6.07, 6.45) is 2.56. The third-order valence-corrected chi connectivity index (χ3v) is 3.22. The third kappa shape index (κ3) is 3.35. The molecule has 1 heterocycles. The van der Waals surface area contributed by atoms with Crippen LogP contribution in [0.3, 0.4) is 0 Å². The quantitative estimate of drug-likeness (QED) is 0.865. The standard InChI is InChI=1S/C15H18N2O2/c1-11-4-2-3-5-15(11)18-10-14-8-13(17-19-14)9-16-12-6-7-12/h2-5,8,12,16H,6-7,9-10H2,1H3. The average molecular weight is 258 g/mol. The zero-order chi connectivity index (χ0) is 13.1. The Balaban J connectivity index is 1.53. The van der Waals surface area contributed by atoms with Crippen LogP contribution in [0.1, 0.15) is 29.9 Å². The summed E-state index contributed by atoms with van der Waals surface area (Å²) < 4.78 is 11.0. The summed E-state index contributed by atoms with van der Waals surface area (Å²) in [4.78, 5) is 0. The summed E-state index contributed by atoms with van der Waals surface area (Å²) in [7, 11) is 0. The molecule has 0 aliphatic heterocycles. The Bertz CT molecular complexity index is 547. The lowest BCUT2D eigenvalue weighted by Crippen LogP contribution is -2.15. The second kappa shape index (κ2) is 5.45. The van der Waals surface area contributed by atoms with Crippen LogP contribution in [0, 0.1) is 6.92 Å². The molecule has 0 bridgehead atoms. The second-order valence-electron chi connectivity index (χ2n) is 4.99. The van der Waals surface area contributed by atoms with E-state index in [1.54, 1.807) is 0 Å². The van der Waals surface area contributed by atoms with Crippen molar-refractivity contribution in [1.29, 1.82) is 0 Å². The SMILES string of the molecule is Cc1ccccc1OCc1cc(CNC2CC2)no1. The van der Waals surface area contributed by atoms with E-state index in [1.807, 2.05) is 37.3 Å². The fourth-order valence-electron chi connectivity index (χ4n) is 1.91. The van der Waals surface area contributed by atoms with Gasteiger partial charge in [0.1, 0.15) is 12.4 Å². The first-order valence-corrected chi connectivity index (χ1v) is 6.67. The van der Waals surface area contributed by atoms with E-state index >= 15 is 0 Å². The number of aromatic nitrogens is 1. The highest BCUT2D eigenvalue weighted by Crippen LogP contribution is 2.20. The van der Waals surface area contributed by atoms with Crippen molar-refractivity contribution in [2.24, 2.45) is 0 Å². The van der Waals surface area contributed by atoms with Crippen molar-refractivity contribution in [2.75, 3.05) is 0 Å². The second-order valence-corrected chi connectivity index (χ2v) is 4.99. The molecular weight excluding hydrogens is 240 g/mol. The van der Waals surface area contributed by atoms with Crippen molar-refractivity contribution < 1.29 is 9.26 Å². The van der Waals surface area contributed by atoms with Gasteiger partial charge in [-0.05, 0) is 31.4 Å². The van der Waals surface area contributed by atoms with Crippen LogP contribution in [-0.4, -0.2) is 11.2 Å². The predicted molar refractivity (Wildman–Crippen MR) is 71.9 cm³/mol. The molecule has 1 N–H and O–H groups in total. The topological polar surface area (TPSA) is 47.3 Å². The number of aryl methyl sites for hydroxylation is 1. The number of nitrogens with zero attached hydrogens (tertiary/aromatic N) is 1. The van der Waals surface area contributed by atoms with Crippen LogP contribution in [0.25, 0.3) is 0 Å². The van der Waals surface area contributed by atoms with Crippen molar-refractivity contribution in [3.8, 4) is 5.75 Å². The van der Waals surface area contributed by atoms with Crippen LogP contribution >= 0.6 is 0 Å². The molecule has 0 spiro atoms. The van der Waals surface area contributed by atoms with Gasteiger partial charge in [0.05, 0.1) is 5.69 Å². The predicted octanol–water partition coefficient (Wildman–Crippen LogP) is 2.81. The average Bonchev–Trinajstić information content (AvgIpc) is 3.14. The fraction of sp³-hybridized carbons (Fsp3) is 0.400. The summed E-state index contributed by atoms with van der Waals surface area (Å²) in [6, 6.07) is 10.6. The molecule has 100 valence electrons. The number of benzene rings is 1. The van der Waals surface area contributed by atoms with E-state index < -0.39 is 0 Å². The van der Waals surface area contributed by atoms with Crippen molar-refractivity contribution in [2.45, 2.75) is 39.0 Å². The number of hydrogen-bond acceptors (Lipinski definition) is 4. The summed E-state index contributed by atoms with van der Waals surface area (Å²) >= 11 is 0. The highest BCUT2D eigenvalue weighted by molar-refractivity contribution is 5.31. The maximum Gasteiger partial charge on any atom is 0.174 e. The lowest BCUT2D eigenvalue weighted by Gasteiger charge is -2.05. The van der Waals surface area contributed by atoms with Gasteiger partial charge in [0, 0.05) is 18.7 Å². The Kier molecular flexibility index (Phi) is 3.51. The fourth-order valence-corrected chi connectivity index (χ4v) is 1.91. The van der Waals surface area contributed by atoms with Gasteiger partial charge in [-0.25, -0.2) is 0 Å². The van der Waals surface area contributed by atoms with Crippen LogP contribution in [0.4, 0.5) is 0 Å². The van der Waals surface area contributed by atoms with Gasteiger partial charge in [-0.2, -0.15) is 0 Å². The molecular formula is C15H18N2O2. The zero-order valence-corrected chi connectivity index (χ0v) is 11.1. The van der Waals surface area contributed by atoms with Crippen molar-refractivity contribution in [3.63, 3.8) is 0 Å². The van der Waals surface area contributed by atoms with Crippen LogP contribution in [0.2, 0.25) is 0 Å². The van der Waals surface area contributed by atoms with E-state index in [9.17, 15) is 0 Å². The number of rotatable bonds is 6. The first kappa shape index (κ1) is 12.2. The van der Waals surface area contributed by atoms with Crippen LogP contribution in [0.5, 0.6) is 5.75 Å². The van der Waals surface area contributed by atoms with Crippen molar-refractivity contribution >= 4 is 0 Å². The Morgan fingerprint density at radius 2 is 2.21 bits per heavy atom. The minimum Gasteiger partial charge on any atom is -0.485 e. The lowest BCUT2D eigenvalue weighted by molar-refractivity contribution is 0.247. The molecule has 1 saturated carbocycles. The Morgan fingerprint density at radius 1 is 1.37 bits per heavy atom. The van der Waals surface area contributed by atoms with Crippen LogP contribution in [0.15, 0.2) is 34.9 Å². The number of nitrogens with one attached hydrogen (secondary N) is 1. The van der Waals surface area contributed by atoms with Gasteiger partial charge < -0.3 is 14.6 Å². The Hall–Kier alpha value is -1.81. The molecule has 3 rings (SSSR count). The normalized spacial score (nSPS) is 14.6. The number of hydrogen-bond donors (Lipinski definition) is 1. The van der Waals surface area contributed by atoms with E-state index in [0.717, 1.165) is 29.3 Å². The van der Waals surface area contributed by atoms with E-state index in [0.29, 0.717) is 12.6 Å². The van der Waals surface area contributed by atoms with Gasteiger partial charge in [0.2, 0.25) is 0 Å². The molecule has 0 radical (unpaired) electrons. The molecule has 4 nitrogen and oxygen atoms in total. The van der Waals surface area contributed by atoms with Gasteiger partial charge in [-0.3, -0.25) is 0 Å². The third-order valence-electron chi connectivity index (χ3n) is 3.22. The van der Waals surface area contributed by atoms with E-state index in [4.69, 9.17) is 9.26 Å². The van der Waals surface area contributed by atoms with E-state index in [-0.39, 0.29) is 0 Å². The summed E-state index contributed by atoms with van der Waals surface area (Å²) in [5.74, 6) is 1.65. The first-order valence-electron chi connectivity index (χ1n) is 6.67. The molecule has 19 heavy (non-hydrogen) atoms. The molecule has 4 heteroatoms. The molecule has 0 saturated heterocycles. The smallest absolute Gasteiger partial charge is 0.174 e. The molecule has 2 aromatic rings. The van der Waals surface area contributed by atoms with Crippen LogP contribution in [-0.2, 0) is 13.2 Å². The number of ether oxygens (including phenoxy) is 1. The molecule has 0 unspecified atom stereocenters. The Morgan fingerprint density at radius 3 is 3.00 bits per heavy atom. The van der Waals surface area contributed by atoms with Crippen molar-refractivity contribution in [1.82, 2.24) is 10.5 Å². The molecule has 1 aromatic heterocycles. The highest BCUT2D eigenvalue weighted by atomic mass is 16.5. The van der Waals surface area contributed by atoms with Gasteiger partial charge >= 0.3 is 0 Å². The minimum atomic E-state index is 0.418. The lowest BCUT2D eigenvalue weighted by atomic mass is 10.2. The maximum atomic E-state index is 5.72. The summed E-state index contributed by atoms with van der Waals surface area (Å²) in [5, 5.41) is 7.44. The van der Waals surface area contributed by atoms with Gasteiger partial charge in [-0.15, -0.1) is 0 Å². The van der Waals surface area contributed by atoms with Gasteiger partial charge in [0.15, 0.2) is 5.76 Å². The van der Waals surface area contributed by atoms with Crippen LogP contribution < -0.4 is 10.1 Å². The largest absolute Gasteiger partial charge is 0.485 e. The molecule has 1 aliphatic rings. The maximum absolute atomic E-state index is 5.72. The molecule has 1 fully saturated rings. The monoisotopic (exact) mass is 258 g/mol. The highest BCUT2D eigenvalue weighted by Gasteiger charge is 2.20. The Labute approximate surface area is 112 Å². The zero-order valence-electron chi connectivity index (χ0n) is 11.1. The first-order chi connectivity index (χ1) is 9.31. The minimum absolute atomic E-state index is 0.418. The molecule has 1 aliphatic carbocycles. The molecule has 1 aromatic carbocycles. The van der Waals surface area contributed by atoms with E-state index in [2.05, 4.69) is 10.5 Å². The number of para-hydroxylation sites is 1.